The van der Waals surface area contributed by atoms with E-state index in [9.17, 15) is 9.59 Å². The molecule has 6 heteroatoms. The minimum Gasteiger partial charge on any atom is -0.292 e. The van der Waals surface area contributed by atoms with Gasteiger partial charge in [-0.2, -0.15) is 4.89 Å². The summed E-state index contributed by atoms with van der Waals surface area (Å²) in [6.07, 6.45) is 0. The van der Waals surface area contributed by atoms with Crippen LogP contribution in [0.1, 0.15) is 31.1 Å². The maximum atomic E-state index is 12.6. The van der Waals surface area contributed by atoms with Crippen LogP contribution in [-0.2, 0) is 9.78 Å². The predicted octanol–water partition coefficient (Wildman–Crippen LogP) is 4.96. The lowest BCUT2D eigenvalue weighted by Gasteiger charge is -2.16. The van der Waals surface area contributed by atoms with Crippen molar-refractivity contribution >= 4 is 49.1 Å². The highest BCUT2D eigenvalue weighted by Gasteiger charge is 2.17. The molecular weight excluding hydrogens is 348 g/mol. The van der Waals surface area contributed by atoms with E-state index in [1.165, 1.54) is 11.3 Å². The molecule has 0 aliphatic rings. The molecule has 124 valence electrons. The Balaban J connectivity index is 2.05. The maximum Gasteiger partial charge on any atom is 0.373 e. The fraction of sp³-hybridized carbons (Fsp3) is 0.222. The molecule has 0 amide bonds. The first-order valence-electron chi connectivity index (χ1n) is 7.31. The molecule has 0 bridgehead atoms. The van der Waals surface area contributed by atoms with E-state index in [1.807, 2.05) is 0 Å². The van der Waals surface area contributed by atoms with E-state index in [0.29, 0.717) is 26.1 Å². The van der Waals surface area contributed by atoms with Crippen LogP contribution >= 0.6 is 22.9 Å². The molecule has 3 rings (SSSR count). The van der Waals surface area contributed by atoms with Gasteiger partial charge in [-0.05, 0) is 57.2 Å². The first-order chi connectivity index (χ1) is 11.2. The molecule has 4 nitrogen and oxygen atoms in total. The third kappa shape index (κ3) is 3.43. The van der Waals surface area contributed by atoms with Crippen LogP contribution in [0, 0.1) is 0 Å². The molecule has 0 aliphatic heterocycles. The second-order valence-corrected chi connectivity index (χ2v) is 7.87. The monoisotopic (exact) mass is 362 g/mol. The molecule has 0 radical (unpaired) electrons. The van der Waals surface area contributed by atoms with Gasteiger partial charge >= 0.3 is 5.97 Å². The van der Waals surface area contributed by atoms with E-state index >= 15 is 0 Å². The van der Waals surface area contributed by atoms with Gasteiger partial charge in [-0.15, -0.1) is 11.3 Å². The molecule has 0 fully saturated rings. The summed E-state index contributed by atoms with van der Waals surface area (Å²) in [4.78, 5) is 34.6. The van der Waals surface area contributed by atoms with Crippen molar-refractivity contribution in [3.05, 3.63) is 57.2 Å². The number of rotatable bonds is 2. The molecule has 0 spiro atoms. The van der Waals surface area contributed by atoms with E-state index in [1.54, 1.807) is 57.2 Å². The normalized spacial score (nSPS) is 11.8. The fourth-order valence-electron chi connectivity index (χ4n) is 2.16. The van der Waals surface area contributed by atoms with Gasteiger partial charge in [0, 0.05) is 25.2 Å². The number of hydrogen-bond acceptors (Lipinski definition) is 5. The lowest BCUT2D eigenvalue weighted by molar-refractivity contribution is -0.301. The molecule has 0 N–H and O–H groups in total. The minimum atomic E-state index is -0.595. The Morgan fingerprint density at radius 1 is 1.04 bits per heavy atom. The number of carbonyl (C=O) groups is 1. The zero-order chi connectivity index (χ0) is 17.5. The Bertz CT molecular complexity index is 1000. The van der Waals surface area contributed by atoms with Crippen LogP contribution in [0.4, 0.5) is 0 Å². The first-order valence-corrected chi connectivity index (χ1v) is 8.50. The third-order valence-corrected chi connectivity index (χ3v) is 4.60. The first kappa shape index (κ1) is 16.9. The Labute approximate surface area is 147 Å². The van der Waals surface area contributed by atoms with Crippen LogP contribution < -0.4 is 5.43 Å². The number of hydrogen-bond donors (Lipinski definition) is 0. The average Bonchev–Trinajstić information content (AvgIpc) is 2.52. The number of halogens is 1. The van der Waals surface area contributed by atoms with Crippen molar-refractivity contribution in [3.63, 3.8) is 0 Å². The zero-order valence-corrected chi connectivity index (χ0v) is 15.0. The van der Waals surface area contributed by atoms with Crippen LogP contribution in [0.15, 0.2) is 41.2 Å². The molecule has 0 saturated heterocycles. The van der Waals surface area contributed by atoms with E-state index in [2.05, 4.69) is 0 Å². The topological polar surface area (TPSA) is 52.6 Å². The molecule has 0 atom stereocenters. The van der Waals surface area contributed by atoms with Crippen molar-refractivity contribution in [2.24, 2.45) is 0 Å². The maximum absolute atomic E-state index is 12.6. The van der Waals surface area contributed by atoms with Gasteiger partial charge in [0.2, 0.25) is 0 Å². The van der Waals surface area contributed by atoms with Crippen LogP contribution in [0.3, 0.4) is 0 Å². The highest BCUT2D eigenvalue weighted by molar-refractivity contribution is 7.24. The molecule has 24 heavy (non-hydrogen) atoms. The predicted molar refractivity (Wildman–Crippen MR) is 96.9 cm³/mol. The quantitative estimate of drug-likeness (QED) is 0.367. The number of fused-ring (bicyclic) bond motifs is 2. The van der Waals surface area contributed by atoms with E-state index in [0.717, 1.165) is 4.70 Å². The highest BCUT2D eigenvalue weighted by atomic mass is 35.5. The molecule has 1 heterocycles. The molecule has 0 saturated carbocycles. The third-order valence-electron chi connectivity index (χ3n) is 3.24. The van der Waals surface area contributed by atoms with Gasteiger partial charge in [0.25, 0.3) is 0 Å². The van der Waals surface area contributed by atoms with Gasteiger partial charge in [0.1, 0.15) is 5.60 Å². The SMILES string of the molecule is CC(C)(C)OOC(=O)c1ccc2c(=O)c3cc(Cl)ccc3sc2c1. The summed E-state index contributed by atoms with van der Waals surface area (Å²) >= 11 is 7.39. The van der Waals surface area contributed by atoms with Gasteiger partial charge in [-0.25, -0.2) is 4.79 Å². The van der Waals surface area contributed by atoms with Gasteiger partial charge in [-0.3, -0.25) is 9.68 Å². The fourth-order valence-corrected chi connectivity index (χ4v) is 3.43. The van der Waals surface area contributed by atoms with Gasteiger partial charge in [-0.1, -0.05) is 11.6 Å². The largest absolute Gasteiger partial charge is 0.373 e. The second kappa shape index (κ2) is 6.16. The molecule has 3 aromatic rings. The van der Waals surface area contributed by atoms with Crippen LogP contribution in [0.25, 0.3) is 20.2 Å². The lowest BCUT2D eigenvalue weighted by atomic mass is 10.1. The van der Waals surface area contributed by atoms with Crippen molar-refractivity contribution in [3.8, 4) is 0 Å². The second-order valence-electron chi connectivity index (χ2n) is 6.35. The molecule has 1 aromatic heterocycles. The number of carbonyl (C=O) groups excluding carboxylic acids is 1. The summed E-state index contributed by atoms with van der Waals surface area (Å²) in [7, 11) is 0. The number of benzene rings is 2. The Morgan fingerprint density at radius 2 is 1.79 bits per heavy atom. The summed E-state index contributed by atoms with van der Waals surface area (Å²) < 4.78 is 1.52. The van der Waals surface area contributed by atoms with Crippen molar-refractivity contribution in [1.29, 1.82) is 0 Å². The molecular formula is C18H15ClO4S. The highest BCUT2D eigenvalue weighted by Crippen LogP contribution is 2.27. The summed E-state index contributed by atoms with van der Waals surface area (Å²) in [6.45, 7) is 5.34. The Kier molecular flexibility index (Phi) is 4.34. The van der Waals surface area contributed by atoms with Gasteiger partial charge in [0.15, 0.2) is 5.43 Å². The van der Waals surface area contributed by atoms with Gasteiger partial charge < -0.3 is 0 Å². The standard InChI is InChI=1S/C18H15ClO4S/c1-18(2,3)23-22-17(21)10-4-6-12-15(8-10)24-14-7-5-11(19)9-13(14)16(12)20/h4-9H,1-3H3. The van der Waals surface area contributed by atoms with E-state index < -0.39 is 11.6 Å². The summed E-state index contributed by atoms with van der Waals surface area (Å²) in [6, 6.07) is 10.0. The lowest BCUT2D eigenvalue weighted by Crippen LogP contribution is -2.21. The smallest absolute Gasteiger partial charge is 0.292 e. The average molecular weight is 363 g/mol. The van der Waals surface area contributed by atoms with Crippen molar-refractivity contribution in [2.45, 2.75) is 26.4 Å². The van der Waals surface area contributed by atoms with Crippen LogP contribution in [-0.4, -0.2) is 11.6 Å². The van der Waals surface area contributed by atoms with Crippen molar-refractivity contribution in [1.82, 2.24) is 0 Å². The Hall–Kier alpha value is -1.95. The summed E-state index contributed by atoms with van der Waals surface area (Å²) in [5.74, 6) is -0.595. The van der Waals surface area contributed by atoms with E-state index in [-0.39, 0.29) is 5.43 Å². The van der Waals surface area contributed by atoms with E-state index in [4.69, 9.17) is 21.4 Å². The van der Waals surface area contributed by atoms with Crippen molar-refractivity contribution < 1.29 is 14.6 Å². The summed E-state index contributed by atoms with van der Waals surface area (Å²) in [5.41, 5.74) is -0.366. The summed E-state index contributed by atoms with van der Waals surface area (Å²) in [5, 5.41) is 1.64. The Morgan fingerprint density at radius 3 is 2.50 bits per heavy atom. The minimum absolute atomic E-state index is 0.105. The molecule has 2 aromatic carbocycles. The molecule has 0 aliphatic carbocycles. The van der Waals surface area contributed by atoms with Crippen molar-refractivity contribution in [2.75, 3.05) is 0 Å². The van der Waals surface area contributed by atoms with Crippen LogP contribution in [0.5, 0.6) is 0 Å². The molecule has 0 unspecified atom stereocenters. The van der Waals surface area contributed by atoms with Crippen LogP contribution in [0.2, 0.25) is 5.02 Å². The zero-order valence-electron chi connectivity index (χ0n) is 13.4. The van der Waals surface area contributed by atoms with Gasteiger partial charge in [0.05, 0.1) is 5.56 Å².